The van der Waals surface area contributed by atoms with Crippen molar-refractivity contribution in [3.05, 3.63) is 39.6 Å². The van der Waals surface area contributed by atoms with Crippen molar-refractivity contribution < 1.29 is 4.74 Å². The fourth-order valence-corrected chi connectivity index (χ4v) is 2.37. The first-order valence-corrected chi connectivity index (χ1v) is 6.71. The number of nitrogens with two attached hydrogens (primary N) is 1. The summed E-state index contributed by atoms with van der Waals surface area (Å²) in [5, 5.41) is 1.05. The molecular formula is C13H17N3OS. The molecule has 0 bridgehead atoms. The first kappa shape index (κ1) is 13.0. The summed E-state index contributed by atoms with van der Waals surface area (Å²) >= 11 is 1.65. The van der Waals surface area contributed by atoms with Gasteiger partial charge in [0.25, 0.3) is 0 Å². The van der Waals surface area contributed by atoms with Gasteiger partial charge in [0, 0.05) is 18.3 Å². The third-order valence-electron chi connectivity index (χ3n) is 2.49. The third kappa shape index (κ3) is 3.27. The topological polar surface area (TPSA) is 61.0 Å². The summed E-state index contributed by atoms with van der Waals surface area (Å²) in [5.41, 5.74) is 7.50. The number of aromatic nitrogens is 2. The molecule has 0 aliphatic heterocycles. The van der Waals surface area contributed by atoms with Crippen LogP contribution < -0.4 is 10.5 Å². The highest BCUT2D eigenvalue weighted by Gasteiger charge is 2.06. The summed E-state index contributed by atoms with van der Waals surface area (Å²) in [6, 6.07) is 3.91. The molecule has 0 saturated heterocycles. The van der Waals surface area contributed by atoms with Gasteiger partial charge in [-0.2, -0.15) is 0 Å². The van der Waals surface area contributed by atoms with Crippen LogP contribution in [0.25, 0.3) is 0 Å². The number of ether oxygens (including phenoxy) is 1. The molecule has 5 heteroatoms. The largest absolute Gasteiger partial charge is 0.486 e. The van der Waals surface area contributed by atoms with Gasteiger partial charge in [0.1, 0.15) is 12.4 Å². The Kier molecular flexibility index (Phi) is 4.28. The van der Waals surface area contributed by atoms with E-state index in [1.54, 1.807) is 11.3 Å². The maximum Gasteiger partial charge on any atom is 0.141 e. The Balaban J connectivity index is 2.08. The monoisotopic (exact) mass is 263 g/mol. The van der Waals surface area contributed by atoms with Crippen molar-refractivity contribution in [2.24, 2.45) is 5.73 Å². The van der Waals surface area contributed by atoms with Gasteiger partial charge in [-0.3, -0.25) is 4.98 Å². The number of pyridine rings is 1. The molecule has 0 amide bonds. The lowest BCUT2D eigenvalue weighted by atomic mass is 10.2. The fraction of sp³-hybridized carbons (Fsp3) is 0.385. The highest BCUT2D eigenvalue weighted by atomic mass is 32.1. The predicted octanol–water partition coefficient (Wildman–Crippen LogP) is 2.24. The first-order valence-electron chi connectivity index (χ1n) is 5.89. The number of thiazole rings is 1. The second-order valence-corrected chi connectivity index (χ2v) is 5.39. The van der Waals surface area contributed by atoms with E-state index in [1.807, 2.05) is 32.2 Å². The Labute approximate surface area is 111 Å². The van der Waals surface area contributed by atoms with E-state index in [4.69, 9.17) is 10.5 Å². The standard InChI is InChI=1S/C13H17N3OS/c1-9-3-4-13(12(16-9)5-6-14)17-8-11-7-15-10(2)18-11/h3-4,7H,5-6,8,14H2,1-2H3. The van der Waals surface area contributed by atoms with Crippen molar-refractivity contribution in [1.82, 2.24) is 9.97 Å². The van der Waals surface area contributed by atoms with Gasteiger partial charge in [0.05, 0.1) is 15.6 Å². The molecule has 96 valence electrons. The smallest absolute Gasteiger partial charge is 0.141 e. The normalized spacial score (nSPS) is 10.6. The van der Waals surface area contributed by atoms with Gasteiger partial charge in [-0.25, -0.2) is 4.98 Å². The minimum atomic E-state index is 0.536. The van der Waals surface area contributed by atoms with Crippen molar-refractivity contribution in [2.75, 3.05) is 6.54 Å². The zero-order chi connectivity index (χ0) is 13.0. The van der Waals surface area contributed by atoms with Gasteiger partial charge in [-0.1, -0.05) is 0 Å². The van der Waals surface area contributed by atoms with E-state index in [1.165, 1.54) is 0 Å². The molecule has 2 heterocycles. The lowest BCUT2D eigenvalue weighted by Crippen LogP contribution is -2.07. The molecule has 4 nitrogen and oxygen atoms in total. The van der Waals surface area contributed by atoms with E-state index in [-0.39, 0.29) is 0 Å². The van der Waals surface area contributed by atoms with Gasteiger partial charge in [0.15, 0.2) is 0 Å². The maximum absolute atomic E-state index is 5.80. The molecule has 0 atom stereocenters. The molecular weight excluding hydrogens is 246 g/mol. The molecule has 0 aliphatic rings. The van der Waals surface area contributed by atoms with Gasteiger partial charge in [0.2, 0.25) is 0 Å². The van der Waals surface area contributed by atoms with E-state index in [0.717, 1.165) is 33.4 Å². The summed E-state index contributed by atoms with van der Waals surface area (Å²) in [7, 11) is 0. The van der Waals surface area contributed by atoms with Gasteiger partial charge in [-0.05, 0) is 32.5 Å². The Hall–Kier alpha value is -1.46. The van der Waals surface area contributed by atoms with Crippen LogP contribution in [0.15, 0.2) is 18.3 Å². The molecule has 2 aromatic heterocycles. The van der Waals surface area contributed by atoms with Crippen LogP contribution in [0.3, 0.4) is 0 Å². The molecule has 0 radical (unpaired) electrons. The average molecular weight is 263 g/mol. The second kappa shape index (κ2) is 5.93. The van der Waals surface area contributed by atoms with Crippen LogP contribution in [-0.2, 0) is 13.0 Å². The molecule has 0 fully saturated rings. The van der Waals surface area contributed by atoms with E-state index < -0.39 is 0 Å². The van der Waals surface area contributed by atoms with E-state index in [2.05, 4.69) is 9.97 Å². The zero-order valence-corrected chi connectivity index (χ0v) is 11.5. The Morgan fingerprint density at radius 3 is 2.83 bits per heavy atom. The summed E-state index contributed by atoms with van der Waals surface area (Å²) in [6.07, 6.45) is 2.59. The zero-order valence-electron chi connectivity index (χ0n) is 10.6. The molecule has 18 heavy (non-hydrogen) atoms. The Morgan fingerprint density at radius 1 is 1.33 bits per heavy atom. The van der Waals surface area contributed by atoms with Crippen LogP contribution >= 0.6 is 11.3 Å². The highest BCUT2D eigenvalue weighted by Crippen LogP contribution is 2.20. The maximum atomic E-state index is 5.80. The molecule has 0 spiro atoms. The Morgan fingerprint density at radius 2 is 2.17 bits per heavy atom. The van der Waals surface area contributed by atoms with Crippen molar-refractivity contribution in [1.29, 1.82) is 0 Å². The summed E-state index contributed by atoms with van der Waals surface area (Å²) in [4.78, 5) is 9.79. The number of hydrogen-bond acceptors (Lipinski definition) is 5. The van der Waals surface area contributed by atoms with Crippen molar-refractivity contribution >= 4 is 11.3 Å². The molecule has 2 N–H and O–H groups in total. The number of rotatable bonds is 5. The third-order valence-corrected chi connectivity index (χ3v) is 3.38. The van der Waals surface area contributed by atoms with Crippen LogP contribution in [0.1, 0.15) is 21.3 Å². The van der Waals surface area contributed by atoms with Crippen molar-refractivity contribution in [3.63, 3.8) is 0 Å². The second-order valence-electron chi connectivity index (χ2n) is 4.07. The SMILES string of the molecule is Cc1ccc(OCc2cnc(C)s2)c(CCN)n1. The number of hydrogen-bond donors (Lipinski definition) is 1. The van der Waals surface area contributed by atoms with Crippen LogP contribution in [0.4, 0.5) is 0 Å². The first-order chi connectivity index (χ1) is 8.69. The van der Waals surface area contributed by atoms with Crippen LogP contribution in [-0.4, -0.2) is 16.5 Å². The van der Waals surface area contributed by atoms with Gasteiger partial charge in [-0.15, -0.1) is 11.3 Å². The van der Waals surface area contributed by atoms with E-state index in [9.17, 15) is 0 Å². The average Bonchev–Trinajstić information content (AvgIpc) is 2.75. The summed E-state index contributed by atoms with van der Waals surface area (Å²) < 4.78 is 5.80. The molecule has 0 aromatic carbocycles. The quantitative estimate of drug-likeness (QED) is 0.898. The molecule has 2 aromatic rings. The van der Waals surface area contributed by atoms with E-state index >= 15 is 0 Å². The Bertz CT molecular complexity index is 525. The van der Waals surface area contributed by atoms with Crippen molar-refractivity contribution in [3.8, 4) is 5.75 Å². The van der Waals surface area contributed by atoms with Crippen LogP contribution in [0.5, 0.6) is 5.75 Å². The van der Waals surface area contributed by atoms with Gasteiger partial charge >= 0.3 is 0 Å². The minimum Gasteiger partial charge on any atom is -0.486 e. The molecule has 2 rings (SSSR count). The minimum absolute atomic E-state index is 0.536. The van der Waals surface area contributed by atoms with Crippen LogP contribution in [0.2, 0.25) is 0 Å². The van der Waals surface area contributed by atoms with E-state index in [0.29, 0.717) is 13.2 Å². The van der Waals surface area contributed by atoms with Gasteiger partial charge < -0.3 is 10.5 Å². The van der Waals surface area contributed by atoms with Crippen molar-refractivity contribution in [2.45, 2.75) is 26.9 Å². The molecule has 0 aliphatic carbocycles. The predicted molar refractivity (Wildman–Crippen MR) is 72.9 cm³/mol. The number of aryl methyl sites for hydroxylation is 2. The molecule has 0 unspecified atom stereocenters. The lowest BCUT2D eigenvalue weighted by molar-refractivity contribution is 0.304. The molecule has 0 saturated carbocycles. The summed E-state index contributed by atoms with van der Waals surface area (Å²) in [6.45, 7) is 5.07. The summed E-state index contributed by atoms with van der Waals surface area (Å²) in [5.74, 6) is 0.817. The highest BCUT2D eigenvalue weighted by molar-refractivity contribution is 7.11. The fourth-order valence-electron chi connectivity index (χ4n) is 1.67. The number of nitrogens with zero attached hydrogens (tertiary/aromatic N) is 2. The lowest BCUT2D eigenvalue weighted by Gasteiger charge is -2.10. The van der Waals surface area contributed by atoms with Crippen LogP contribution in [0, 0.1) is 13.8 Å².